The van der Waals surface area contributed by atoms with Crippen LogP contribution in [-0.2, 0) is 4.79 Å². The van der Waals surface area contributed by atoms with E-state index in [-0.39, 0.29) is 23.8 Å². The van der Waals surface area contributed by atoms with Gasteiger partial charge in [0.25, 0.3) is 5.91 Å². The lowest BCUT2D eigenvalue weighted by Gasteiger charge is -2.36. The zero-order chi connectivity index (χ0) is 15.9. The third-order valence-corrected chi connectivity index (χ3v) is 5.84. The number of likely N-dealkylation sites (tertiary alicyclic amines) is 1. The molecule has 0 saturated carbocycles. The van der Waals surface area contributed by atoms with E-state index in [2.05, 4.69) is 0 Å². The minimum absolute atomic E-state index is 0.0251. The molecule has 0 aliphatic carbocycles. The van der Waals surface area contributed by atoms with E-state index in [9.17, 15) is 9.59 Å². The van der Waals surface area contributed by atoms with Crippen molar-refractivity contribution in [2.24, 2.45) is 11.7 Å². The molecule has 1 aromatic carbocycles. The van der Waals surface area contributed by atoms with E-state index >= 15 is 0 Å². The molecule has 0 unspecified atom stereocenters. The van der Waals surface area contributed by atoms with Gasteiger partial charge >= 0.3 is 0 Å². The molecule has 5 heteroatoms. The van der Waals surface area contributed by atoms with Crippen LogP contribution in [0.4, 0.5) is 0 Å². The van der Waals surface area contributed by atoms with Crippen molar-refractivity contribution >= 4 is 33.2 Å². The second-order valence-electron chi connectivity index (χ2n) is 6.04. The molecule has 22 heavy (non-hydrogen) atoms. The molecule has 2 aromatic rings. The average Bonchev–Trinajstić information content (AvgIpc) is 2.84. The summed E-state index contributed by atoms with van der Waals surface area (Å²) in [6.07, 6.45) is 1.59. The molecule has 2 N–H and O–H groups in total. The van der Waals surface area contributed by atoms with Crippen molar-refractivity contribution in [1.29, 1.82) is 0 Å². The second kappa shape index (κ2) is 5.72. The van der Waals surface area contributed by atoms with E-state index in [1.807, 2.05) is 43.0 Å². The summed E-state index contributed by atoms with van der Waals surface area (Å²) >= 11 is 1.53. The van der Waals surface area contributed by atoms with Crippen molar-refractivity contribution < 1.29 is 9.59 Å². The van der Waals surface area contributed by atoms with Gasteiger partial charge < -0.3 is 10.6 Å². The van der Waals surface area contributed by atoms with E-state index in [1.165, 1.54) is 11.3 Å². The van der Waals surface area contributed by atoms with Gasteiger partial charge in [-0.3, -0.25) is 9.59 Å². The number of hydrogen-bond donors (Lipinski definition) is 1. The van der Waals surface area contributed by atoms with Crippen molar-refractivity contribution in [3.63, 3.8) is 0 Å². The van der Waals surface area contributed by atoms with Gasteiger partial charge in [-0.2, -0.15) is 0 Å². The molecule has 0 spiro atoms. The Balaban J connectivity index is 1.94. The minimum Gasteiger partial charge on any atom is -0.369 e. The largest absolute Gasteiger partial charge is 0.369 e. The average molecular weight is 316 g/mol. The summed E-state index contributed by atoms with van der Waals surface area (Å²) in [6.45, 7) is 4.47. The number of carbonyl (C=O) groups excluding carboxylic acids is 2. The highest BCUT2D eigenvalue weighted by molar-refractivity contribution is 7.21. The topological polar surface area (TPSA) is 63.4 Å². The Morgan fingerprint density at radius 3 is 2.68 bits per heavy atom. The maximum Gasteiger partial charge on any atom is 0.264 e. The molecule has 1 fully saturated rings. The van der Waals surface area contributed by atoms with Gasteiger partial charge in [0.2, 0.25) is 5.91 Å². The number of primary amides is 1. The summed E-state index contributed by atoms with van der Waals surface area (Å²) in [7, 11) is 0. The molecule has 2 amide bonds. The van der Waals surface area contributed by atoms with Crippen molar-refractivity contribution in [3.05, 3.63) is 34.7 Å². The number of fused-ring (bicyclic) bond motifs is 1. The van der Waals surface area contributed by atoms with E-state index in [1.54, 1.807) is 0 Å². The number of thiophene rings is 1. The first-order valence-electron chi connectivity index (χ1n) is 7.57. The molecule has 1 saturated heterocycles. The number of nitrogens with zero attached hydrogens (tertiary/aromatic N) is 1. The summed E-state index contributed by atoms with van der Waals surface area (Å²) in [4.78, 5) is 27.0. The number of aryl methyl sites for hydroxylation is 1. The van der Waals surface area contributed by atoms with E-state index in [4.69, 9.17) is 5.73 Å². The van der Waals surface area contributed by atoms with Crippen LogP contribution in [0.15, 0.2) is 24.3 Å². The summed E-state index contributed by atoms with van der Waals surface area (Å²) in [5.41, 5.74) is 6.46. The van der Waals surface area contributed by atoms with Crippen LogP contribution in [0.1, 0.15) is 35.0 Å². The van der Waals surface area contributed by atoms with Gasteiger partial charge in [-0.05, 0) is 43.7 Å². The summed E-state index contributed by atoms with van der Waals surface area (Å²) < 4.78 is 1.12. The first kappa shape index (κ1) is 15.0. The predicted octanol–water partition coefficient (Wildman–Crippen LogP) is 2.94. The molecule has 1 aliphatic heterocycles. The van der Waals surface area contributed by atoms with Gasteiger partial charge in [-0.15, -0.1) is 11.3 Å². The lowest BCUT2D eigenvalue weighted by atomic mass is 9.92. The van der Waals surface area contributed by atoms with Gasteiger partial charge in [-0.1, -0.05) is 18.2 Å². The Morgan fingerprint density at radius 1 is 1.27 bits per heavy atom. The molecule has 2 atom stereocenters. The van der Waals surface area contributed by atoms with Crippen LogP contribution < -0.4 is 5.73 Å². The van der Waals surface area contributed by atoms with Crippen LogP contribution >= 0.6 is 11.3 Å². The molecule has 1 aromatic heterocycles. The molecule has 4 nitrogen and oxygen atoms in total. The van der Waals surface area contributed by atoms with Crippen molar-refractivity contribution in [1.82, 2.24) is 4.90 Å². The Hall–Kier alpha value is -1.88. The van der Waals surface area contributed by atoms with Crippen molar-refractivity contribution in [2.45, 2.75) is 32.7 Å². The predicted molar refractivity (Wildman–Crippen MR) is 89.0 cm³/mol. The first-order valence-corrected chi connectivity index (χ1v) is 8.39. The number of amides is 2. The van der Waals surface area contributed by atoms with Gasteiger partial charge in [-0.25, -0.2) is 0 Å². The van der Waals surface area contributed by atoms with E-state index in [0.717, 1.165) is 33.4 Å². The van der Waals surface area contributed by atoms with Crippen LogP contribution in [0, 0.1) is 12.8 Å². The third-order valence-electron chi connectivity index (χ3n) is 4.58. The van der Waals surface area contributed by atoms with Crippen molar-refractivity contribution in [2.75, 3.05) is 6.54 Å². The maximum atomic E-state index is 13.0. The van der Waals surface area contributed by atoms with Crippen LogP contribution in [0.3, 0.4) is 0 Å². The monoisotopic (exact) mass is 316 g/mol. The molecule has 1 aliphatic rings. The van der Waals surface area contributed by atoms with Gasteiger partial charge in [0.05, 0.1) is 10.8 Å². The Labute approximate surface area is 133 Å². The standard InChI is InChI=1S/C17H20N2O2S/c1-10-7-8-12(16(18)20)9-19(10)17(21)15-11(2)13-5-3-4-6-14(13)22-15/h3-6,10,12H,7-9H2,1-2H3,(H2,18,20)/t10-,12+/m1/s1. The summed E-state index contributed by atoms with van der Waals surface area (Å²) in [5.74, 6) is -0.509. The number of piperidine rings is 1. The van der Waals surface area contributed by atoms with Gasteiger partial charge in [0.1, 0.15) is 0 Å². The van der Waals surface area contributed by atoms with Crippen LogP contribution in [0.25, 0.3) is 10.1 Å². The smallest absolute Gasteiger partial charge is 0.264 e. The van der Waals surface area contributed by atoms with Gasteiger partial charge in [0.15, 0.2) is 0 Å². The van der Waals surface area contributed by atoms with E-state index < -0.39 is 0 Å². The molecular formula is C17H20N2O2S. The Morgan fingerprint density at radius 2 is 2.00 bits per heavy atom. The highest BCUT2D eigenvalue weighted by Gasteiger charge is 2.33. The number of nitrogens with two attached hydrogens (primary N) is 1. The molecule has 2 heterocycles. The van der Waals surface area contributed by atoms with Crippen molar-refractivity contribution in [3.8, 4) is 0 Å². The quantitative estimate of drug-likeness (QED) is 0.926. The fourth-order valence-corrected chi connectivity index (χ4v) is 4.30. The summed E-state index contributed by atoms with van der Waals surface area (Å²) in [6, 6.07) is 8.20. The van der Waals surface area contributed by atoms with Crippen LogP contribution in [-0.4, -0.2) is 29.3 Å². The lowest BCUT2D eigenvalue weighted by molar-refractivity contribution is -0.123. The number of hydrogen-bond acceptors (Lipinski definition) is 3. The zero-order valence-corrected chi connectivity index (χ0v) is 13.7. The molecule has 3 rings (SSSR count). The molecule has 0 radical (unpaired) electrons. The Bertz CT molecular complexity index is 737. The van der Waals surface area contributed by atoms with E-state index in [0.29, 0.717) is 6.54 Å². The summed E-state index contributed by atoms with van der Waals surface area (Å²) in [5, 5.41) is 1.13. The van der Waals surface area contributed by atoms with Crippen LogP contribution in [0.2, 0.25) is 0 Å². The fraction of sp³-hybridized carbons (Fsp3) is 0.412. The third kappa shape index (κ3) is 2.50. The lowest BCUT2D eigenvalue weighted by Crippen LogP contribution is -2.48. The zero-order valence-electron chi connectivity index (χ0n) is 12.8. The molecule has 0 bridgehead atoms. The second-order valence-corrected chi connectivity index (χ2v) is 7.09. The highest BCUT2D eigenvalue weighted by atomic mass is 32.1. The van der Waals surface area contributed by atoms with Crippen LogP contribution in [0.5, 0.6) is 0 Å². The first-order chi connectivity index (χ1) is 10.5. The normalized spacial score (nSPS) is 22.0. The Kier molecular flexibility index (Phi) is 3.91. The molecular weight excluding hydrogens is 296 g/mol. The highest BCUT2D eigenvalue weighted by Crippen LogP contribution is 2.33. The van der Waals surface area contributed by atoms with Gasteiger partial charge in [0, 0.05) is 17.3 Å². The SMILES string of the molecule is Cc1c(C(=O)N2C[C@@H](C(N)=O)CC[C@H]2C)sc2ccccc12. The minimum atomic E-state index is -0.308. The number of benzene rings is 1. The fourth-order valence-electron chi connectivity index (χ4n) is 3.13. The maximum absolute atomic E-state index is 13.0. The number of carbonyl (C=O) groups is 2. The number of rotatable bonds is 2. The molecule has 116 valence electrons.